The lowest BCUT2D eigenvalue weighted by atomic mass is 10.1. The number of carbonyl (C=O) groups is 2. The van der Waals surface area contributed by atoms with Crippen molar-refractivity contribution in [3.05, 3.63) is 35.4 Å². The van der Waals surface area contributed by atoms with Gasteiger partial charge in [-0.2, -0.15) is 0 Å². The highest BCUT2D eigenvalue weighted by Gasteiger charge is 2.14. The summed E-state index contributed by atoms with van der Waals surface area (Å²) >= 11 is 5.68. The molecule has 0 aliphatic rings. The molecule has 1 aromatic carbocycles. The second-order valence-corrected chi connectivity index (χ2v) is 4.76. The number of benzene rings is 1. The summed E-state index contributed by atoms with van der Waals surface area (Å²) in [5.41, 5.74) is 2.17. The van der Waals surface area contributed by atoms with E-state index in [-0.39, 0.29) is 18.7 Å². The minimum Gasteiger partial charge on any atom is -0.481 e. The molecule has 1 rings (SSSR count). The first-order chi connectivity index (χ1) is 10.0. The third-order valence-corrected chi connectivity index (χ3v) is 2.92. The zero-order valence-electron chi connectivity index (χ0n) is 12.9. The summed E-state index contributed by atoms with van der Waals surface area (Å²) in [6.45, 7) is 6.89. The third-order valence-electron chi connectivity index (χ3n) is 2.75. The van der Waals surface area contributed by atoms with Crippen molar-refractivity contribution < 1.29 is 14.7 Å². The maximum absolute atomic E-state index is 11.9. The van der Waals surface area contributed by atoms with Crippen LogP contribution in [-0.2, 0) is 16.1 Å². The Bertz CT molecular complexity index is 432. The molecule has 0 heterocycles. The molecule has 5 heteroatoms. The number of aryl methyl sites for hydroxylation is 1. The molecule has 4 nitrogen and oxygen atoms in total. The van der Waals surface area contributed by atoms with E-state index < -0.39 is 5.97 Å². The molecule has 0 saturated heterocycles. The molecule has 118 valence electrons. The highest BCUT2D eigenvalue weighted by atomic mass is 35.5. The fraction of sp³-hybridized carbons (Fsp3) is 0.500. The van der Waals surface area contributed by atoms with Gasteiger partial charge in [-0.05, 0) is 12.5 Å². The van der Waals surface area contributed by atoms with Crippen LogP contribution in [0.3, 0.4) is 0 Å². The predicted molar refractivity (Wildman–Crippen MR) is 85.5 cm³/mol. The molecule has 0 aliphatic carbocycles. The summed E-state index contributed by atoms with van der Waals surface area (Å²) in [5, 5.41) is 8.60. The number of carboxylic acid groups (broad SMARTS) is 1. The number of hydrogen-bond acceptors (Lipinski definition) is 2. The Hall–Kier alpha value is -1.55. The van der Waals surface area contributed by atoms with Crippen LogP contribution in [0.4, 0.5) is 0 Å². The molecule has 0 bridgehead atoms. The van der Waals surface area contributed by atoms with Gasteiger partial charge in [0, 0.05) is 25.4 Å². The third kappa shape index (κ3) is 8.35. The van der Waals surface area contributed by atoms with Crippen molar-refractivity contribution in [3.63, 3.8) is 0 Å². The first-order valence-electron chi connectivity index (χ1n) is 7.14. The van der Waals surface area contributed by atoms with E-state index in [1.807, 2.05) is 45.0 Å². The van der Waals surface area contributed by atoms with E-state index in [4.69, 9.17) is 16.7 Å². The molecular formula is C16H24ClNO3. The van der Waals surface area contributed by atoms with E-state index >= 15 is 0 Å². The predicted octanol–water partition coefficient (Wildman–Crippen LogP) is 3.45. The summed E-state index contributed by atoms with van der Waals surface area (Å²) in [6.07, 6.45) is -0.135. The van der Waals surface area contributed by atoms with Gasteiger partial charge in [0.1, 0.15) is 0 Å². The Morgan fingerprint density at radius 1 is 1.14 bits per heavy atom. The zero-order valence-corrected chi connectivity index (χ0v) is 13.7. The fourth-order valence-corrected chi connectivity index (χ4v) is 1.88. The van der Waals surface area contributed by atoms with Crippen LogP contribution in [0.1, 0.15) is 37.8 Å². The van der Waals surface area contributed by atoms with Gasteiger partial charge in [0.2, 0.25) is 5.91 Å². The highest BCUT2D eigenvalue weighted by molar-refractivity contribution is 6.18. The lowest BCUT2D eigenvalue weighted by molar-refractivity contribution is -0.141. The molecular weight excluding hydrogens is 290 g/mol. The highest BCUT2D eigenvalue weighted by Crippen LogP contribution is 2.09. The van der Waals surface area contributed by atoms with Gasteiger partial charge in [0.15, 0.2) is 0 Å². The fourth-order valence-electron chi connectivity index (χ4n) is 1.68. The average Bonchev–Trinajstić information content (AvgIpc) is 2.48. The second-order valence-electron chi connectivity index (χ2n) is 4.38. The van der Waals surface area contributed by atoms with Gasteiger partial charge >= 0.3 is 5.97 Å². The van der Waals surface area contributed by atoms with Crippen LogP contribution in [0.15, 0.2) is 24.3 Å². The van der Waals surface area contributed by atoms with Crippen molar-refractivity contribution in [2.75, 3.05) is 12.4 Å². The van der Waals surface area contributed by atoms with E-state index in [0.29, 0.717) is 19.0 Å². The number of aliphatic carboxylic acids is 1. The van der Waals surface area contributed by atoms with Crippen LogP contribution in [0.5, 0.6) is 0 Å². The van der Waals surface area contributed by atoms with Crippen LogP contribution in [0, 0.1) is 6.92 Å². The number of alkyl halides is 1. The largest absolute Gasteiger partial charge is 0.481 e. The number of halogens is 1. The molecule has 0 unspecified atom stereocenters. The van der Waals surface area contributed by atoms with Gasteiger partial charge in [0.05, 0.1) is 6.42 Å². The van der Waals surface area contributed by atoms with E-state index in [1.54, 1.807) is 4.90 Å². The summed E-state index contributed by atoms with van der Waals surface area (Å²) in [7, 11) is 0. The molecule has 1 aromatic rings. The van der Waals surface area contributed by atoms with E-state index in [2.05, 4.69) is 0 Å². The molecule has 0 aromatic heterocycles. The van der Waals surface area contributed by atoms with Gasteiger partial charge in [-0.3, -0.25) is 9.59 Å². The molecule has 0 spiro atoms. The lowest BCUT2D eigenvalue weighted by Crippen LogP contribution is -2.32. The van der Waals surface area contributed by atoms with Crippen molar-refractivity contribution in [1.82, 2.24) is 4.90 Å². The summed E-state index contributed by atoms with van der Waals surface area (Å²) < 4.78 is 0. The van der Waals surface area contributed by atoms with Crippen LogP contribution in [0.25, 0.3) is 0 Å². The maximum atomic E-state index is 11.9. The van der Waals surface area contributed by atoms with Crippen LogP contribution in [0.2, 0.25) is 0 Å². The summed E-state index contributed by atoms with van der Waals surface area (Å²) in [6, 6.07) is 7.88. The van der Waals surface area contributed by atoms with E-state index in [0.717, 1.165) is 11.1 Å². The van der Waals surface area contributed by atoms with Crippen molar-refractivity contribution in [1.29, 1.82) is 0 Å². The monoisotopic (exact) mass is 313 g/mol. The molecule has 1 amide bonds. The average molecular weight is 314 g/mol. The molecule has 0 radical (unpaired) electrons. The Balaban J connectivity index is 0.00000191. The molecule has 0 aliphatic heterocycles. The van der Waals surface area contributed by atoms with Crippen molar-refractivity contribution in [2.45, 2.75) is 40.2 Å². The van der Waals surface area contributed by atoms with E-state index in [9.17, 15) is 9.59 Å². The number of rotatable bonds is 7. The van der Waals surface area contributed by atoms with E-state index in [1.165, 1.54) is 0 Å². The van der Waals surface area contributed by atoms with Crippen molar-refractivity contribution in [2.24, 2.45) is 0 Å². The minimum atomic E-state index is -0.963. The van der Waals surface area contributed by atoms with Gasteiger partial charge in [0.25, 0.3) is 0 Å². The molecule has 0 saturated carbocycles. The maximum Gasteiger partial charge on any atom is 0.303 e. The zero-order chi connectivity index (χ0) is 16.3. The van der Waals surface area contributed by atoms with Crippen molar-refractivity contribution in [3.8, 4) is 0 Å². The SMILES string of the molecule is CC.Cc1ccc(CN(CCCl)C(=O)CCC(=O)O)cc1. The standard InChI is InChI=1S/C14H18ClNO3.C2H6/c1-11-2-4-12(5-3-11)10-16(9-8-15)13(17)6-7-14(18)19;1-2/h2-5H,6-10H2,1H3,(H,18,19);1-2H3. The second kappa shape index (κ2) is 11.1. The Morgan fingerprint density at radius 3 is 2.19 bits per heavy atom. The number of carbonyl (C=O) groups excluding carboxylic acids is 1. The lowest BCUT2D eigenvalue weighted by Gasteiger charge is -2.21. The van der Waals surface area contributed by atoms with Crippen molar-refractivity contribution >= 4 is 23.5 Å². The molecule has 0 atom stereocenters. The molecule has 0 fully saturated rings. The van der Waals surface area contributed by atoms with Gasteiger partial charge in [-0.15, -0.1) is 11.6 Å². The number of nitrogens with zero attached hydrogens (tertiary/aromatic N) is 1. The van der Waals surface area contributed by atoms with Gasteiger partial charge in [-0.1, -0.05) is 43.7 Å². The first-order valence-corrected chi connectivity index (χ1v) is 7.67. The summed E-state index contributed by atoms with van der Waals surface area (Å²) in [4.78, 5) is 24.0. The Morgan fingerprint density at radius 2 is 1.71 bits per heavy atom. The Labute approximate surface area is 131 Å². The minimum absolute atomic E-state index is 0.0120. The first kappa shape index (κ1) is 19.4. The Kier molecular flexibility index (Phi) is 10.3. The van der Waals surface area contributed by atoms with Crippen LogP contribution >= 0.6 is 11.6 Å². The molecule has 1 N–H and O–H groups in total. The smallest absolute Gasteiger partial charge is 0.303 e. The van der Waals surface area contributed by atoms with Crippen LogP contribution in [-0.4, -0.2) is 34.3 Å². The topological polar surface area (TPSA) is 57.6 Å². The normalized spacial score (nSPS) is 9.52. The number of amides is 1. The number of hydrogen-bond donors (Lipinski definition) is 1. The summed E-state index contributed by atoms with van der Waals surface area (Å²) in [5.74, 6) is -0.803. The van der Waals surface area contributed by atoms with Gasteiger partial charge in [-0.25, -0.2) is 0 Å². The van der Waals surface area contributed by atoms with Crippen LogP contribution < -0.4 is 0 Å². The molecule has 21 heavy (non-hydrogen) atoms. The number of carboxylic acids is 1. The quantitative estimate of drug-likeness (QED) is 0.784. The van der Waals surface area contributed by atoms with Gasteiger partial charge < -0.3 is 10.0 Å².